The Morgan fingerprint density at radius 3 is 2.88 bits per heavy atom. The number of halogens is 1. The Kier molecular flexibility index (Phi) is 3.63. The molecule has 2 aromatic heterocycles. The van der Waals surface area contributed by atoms with Gasteiger partial charge in [0.15, 0.2) is 0 Å². The van der Waals surface area contributed by atoms with Crippen LogP contribution in [-0.4, -0.2) is 20.9 Å². The summed E-state index contributed by atoms with van der Waals surface area (Å²) < 4.78 is 13.6. The highest BCUT2D eigenvalue weighted by Crippen LogP contribution is 2.43. The molecule has 4 N–H and O–H groups in total. The molecule has 1 aliphatic carbocycles. The molecule has 25 heavy (non-hydrogen) atoms. The Balaban J connectivity index is 1.76. The van der Waals surface area contributed by atoms with Gasteiger partial charge in [-0.25, -0.2) is 14.4 Å². The van der Waals surface area contributed by atoms with Crippen LogP contribution in [0.2, 0.25) is 0 Å². The van der Waals surface area contributed by atoms with E-state index in [0.717, 1.165) is 18.4 Å². The Bertz CT molecular complexity index is 963. The molecular formula is C18H18FN5O. The lowest BCUT2D eigenvalue weighted by molar-refractivity contribution is 0.100. The number of primary amides is 1. The Morgan fingerprint density at radius 2 is 2.20 bits per heavy atom. The van der Waals surface area contributed by atoms with Crippen LogP contribution < -0.4 is 11.1 Å². The summed E-state index contributed by atoms with van der Waals surface area (Å²) in [4.78, 5) is 23.1. The predicted octanol–water partition coefficient (Wildman–Crippen LogP) is 3.07. The van der Waals surface area contributed by atoms with Crippen LogP contribution in [0.1, 0.15) is 40.4 Å². The number of aromatic amines is 1. The van der Waals surface area contributed by atoms with Gasteiger partial charge < -0.3 is 16.0 Å². The van der Waals surface area contributed by atoms with Gasteiger partial charge in [0.25, 0.3) is 5.91 Å². The van der Waals surface area contributed by atoms with E-state index in [-0.39, 0.29) is 11.9 Å². The SMILES string of the molecule is Cc1cc(C(Nc2ncnc3[nH]cc(C(N)=O)c23)C2CC2)ccc1F. The Labute approximate surface area is 143 Å². The summed E-state index contributed by atoms with van der Waals surface area (Å²) in [6, 6.07) is 5.13. The second kappa shape index (κ2) is 5.84. The average molecular weight is 339 g/mol. The first-order valence-corrected chi connectivity index (χ1v) is 8.19. The van der Waals surface area contributed by atoms with Crippen LogP contribution in [0.25, 0.3) is 11.0 Å². The number of carbonyl (C=O) groups is 1. The van der Waals surface area contributed by atoms with E-state index in [4.69, 9.17) is 5.73 Å². The average Bonchev–Trinajstić information content (AvgIpc) is 3.33. The molecule has 0 bridgehead atoms. The molecule has 0 spiro atoms. The molecule has 6 nitrogen and oxygen atoms in total. The zero-order valence-corrected chi connectivity index (χ0v) is 13.7. The Hall–Kier alpha value is -2.96. The number of nitrogens with zero attached hydrogens (tertiary/aromatic N) is 2. The van der Waals surface area contributed by atoms with Gasteiger partial charge in [0.2, 0.25) is 0 Å². The van der Waals surface area contributed by atoms with Gasteiger partial charge in [-0.2, -0.15) is 0 Å². The number of carbonyl (C=O) groups excluding carboxylic acids is 1. The van der Waals surface area contributed by atoms with E-state index in [1.54, 1.807) is 19.2 Å². The lowest BCUT2D eigenvalue weighted by Gasteiger charge is -2.20. The normalized spacial score (nSPS) is 15.3. The zero-order valence-electron chi connectivity index (χ0n) is 13.7. The number of amides is 1. The molecule has 1 aromatic carbocycles. The van der Waals surface area contributed by atoms with Gasteiger partial charge in [0.1, 0.15) is 23.6 Å². The molecule has 128 valence electrons. The van der Waals surface area contributed by atoms with E-state index in [2.05, 4.69) is 20.3 Å². The number of aromatic nitrogens is 3. The maximum Gasteiger partial charge on any atom is 0.251 e. The fourth-order valence-electron chi connectivity index (χ4n) is 3.18. The molecule has 4 rings (SSSR count). The molecular weight excluding hydrogens is 321 g/mol. The minimum absolute atomic E-state index is 0.00646. The van der Waals surface area contributed by atoms with Crippen molar-refractivity contribution >= 4 is 22.8 Å². The van der Waals surface area contributed by atoms with Gasteiger partial charge >= 0.3 is 0 Å². The van der Waals surface area contributed by atoms with Crippen molar-refractivity contribution in [2.24, 2.45) is 11.7 Å². The monoisotopic (exact) mass is 339 g/mol. The second-order valence-electron chi connectivity index (χ2n) is 6.48. The van der Waals surface area contributed by atoms with Crippen molar-refractivity contribution in [1.82, 2.24) is 15.0 Å². The molecule has 1 atom stereocenters. The number of nitrogens with one attached hydrogen (secondary N) is 2. The van der Waals surface area contributed by atoms with Crippen LogP contribution in [-0.2, 0) is 0 Å². The topological polar surface area (TPSA) is 96.7 Å². The van der Waals surface area contributed by atoms with Crippen molar-refractivity contribution < 1.29 is 9.18 Å². The van der Waals surface area contributed by atoms with E-state index < -0.39 is 5.91 Å². The van der Waals surface area contributed by atoms with Gasteiger partial charge in [-0.3, -0.25) is 4.79 Å². The van der Waals surface area contributed by atoms with Crippen molar-refractivity contribution in [1.29, 1.82) is 0 Å². The first-order valence-electron chi connectivity index (χ1n) is 8.19. The van der Waals surface area contributed by atoms with Crippen LogP contribution in [0.5, 0.6) is 0 Å². The lowest BCUT2D eigenvalue weighted by atomic mass is 10.00. The summed E-state index contributed by atoms with van der Waals surface area (Å²) in [5, 5.41) is 4.01. The minimum atomic E-state index is -0.537. The lowest BCUT2D eigenvalue weighted by Crippen LogP contribution is -2.16. The maximum atomic E-state index is 13.6. The smallest absolute Gasteiger partial charge is 0.251 e. The molecule has 3 aromatic rings. The quantitative estimate of drug-likeness (QED) is 0.665. The summed E-state index contributed by atoms with van der Waals surface area (Å²) in [6.45, 7) is 1.75. The van der Waals surface area contributed by atoms with Crippen molar-refractivity contribution in [2.45, 2.75) is 25.8 Å². The second-order valence-corrected chi connectivity index (χ2v) is 6.48. The highest BCUT2D eigenvalue weighted by atomic mass is 19.1. The first kappa shape index (κ1) is 15.6. The van der Waals surface area contributed by atoms with Gasteiger partial charge in [-0.05, 0) is 42.9 Å². The van der Waals surface area contributed by atoms with Gasteiger partial charge in [0.05, 0.1) is 17.0 Å². The zero-order chi connectivity index (χ0) is 17.6. The summed E-state index contributed by atoms with van der Waals surface area (Å²) in [6.07, 6.45) is 5.17. The minimum Gasteiger partial charge on any atom is -0.366 e. The number of hydrogen-bond acceptors (Lipinski definition) is 4. The fraction of sp³-hybridized carbons (Fsp3) is 0.278. The van der Waals surface area contributed by atoms with Crippen LogP contribution in [0, 0.1) is 18.7 Å². The number of nitrogens with two attached hydrogens (primary N) is 1. The number of anilines is 1. The predicted molar refractivity (Wildman–Crippen MR) is 92.6 cm³/mol. The van der Waals surface area contributed by atoms with E-state index in [1.807, 2.05) is 6.07 Å². The third-order valence-corrected chi connectivity index (χ3v) is 4.66. The number of H-pyrrole nitrogens is 1. The number of fused-ring (bicyclic) bond motifs is 1. The highest BCUT2D eigenvalue weighted by Gasteiger charge is 2.33. The molecule has 7 heteroatoms. The van der Waals surface area contributed by atoms with Crippen LogP contribution in [0.4, 0.5) is 10.2 Å². The van der Waals surface area contributed by atoms with Crippen LogP contribution in [0.15, 0.2) is 30.7 Å². The molecule has 0 aliphatic heterocycles. The summed E-state index contributed by atoms with van der Waals surface area (Å²) >= 11 is 0. The molecule has 1 unspecified atom stereocenters. The van der Waals surface area contributed by atoms with E-state index in [9.17, 15) is 9.18 Å². The van der Waals surface area contributed by atoms with E-state index >= 15 is 0 Å². The van der Waals surface area contributed by atoms with E-state index in [0.29, 0.717) is 33.9 Å². The summed E-state index contributed by atoms with van der Waals surface area (Å²) in [5.41, 5.74) is 7.97. The van der Waals surface area contributed by atoms with Crippen LogP contribution >= 0.6 is 0 Å². The third kappa shape index (κ3) is 2.82. The maximum absolute atomic E-state index is 13.6. The van der Waals surface area contributed by atoms with Gasteiger partial charge in [0, 0.05) is 6.20 Å². The van der Waals surface area contributed by atoms with Crippen molar-refractivity contribution in [3.8, 4) is 0 Å². The molecule has 1 amide bonds. The van der Waals surface area contributed by atoms with Gasteiger partial charge in [-0.15, -0.1) is 0 Å². The van der Waals surface area contributed by atoms with Crippen molar-refractivity contribution in [3.63, 3.8) is 0 Å². The summed E-state index contributed by atoms with van der Waals surface area (Å²) in [7, 11) is 0. The van der Waals surface area contributed by atoms with Crippen LogP contribution in [0.3, 0.4) is 0 Å². The molecule has 1 saturated carbocycles. The van der Waals surface area contributed by atoms with Gasteiger partial charge in [-0.1, -0.05) is 12.1 Å². The first-order chi connectivity index (χ1) is 12.0. The number of rotatable bonds is 5. The molecule has 1 aliphatic rings. The number of benzene rings is 1. The van der Waals surface area contributed by atoms with Crippen molar-refractivity contribution in [3.05, 3.63) is 53.2 Å². The third-order valence-electron chi connectivity index (χ3n) is 4.66. The largest absolute Gasteiger partial charge is 0.366 e. The molecule has 2 heterocycles. The number of aryl methyl sites for hydroxylation is 1. The molecule has 1 fully saturated rings. The Morgan fingerprint density at radius 1 is 1.40 bits per heavy atom. The molecule has 0 radical (unpaired) electrons. The standard InChI is InChI=1S/C18H18FN5O/c1-9-6-11(4-5-13(9)19)15(10-2-3-10)24-18-14-12(16(20)25)7-21-17(14)22-8-23-18/h4-8,10,15H,2-3H2,1H3,(H2,20,25)(H2,21,22,23,24). The number of hydrogen-bond donors (Lipinski definition) is 3. The fourth-order valence-corrected chi connectivity index (χ4v) is 3.18. The summed E-state index contributed by atoms with van der Waals surface area (Å²) in [5.74, 6) is 0.249. The highest BCUT2D eigenvalue weighted by molar-refractivity contribution is 6.08. The van der Waals surface area contributed by atoms with Crippen molar-refractivity contribution in [2.75, 3.05) is 5.32 Å². The molecule has 0 saturated heterocycles. The van der Waals surface area contributed by atoms with E-state index in [1.165, 1.54) is 12.4 Å².